The maximum absolute atomic E-state index is 13.1. The van der Waals surface area contributed by atoms with Crippen LogP contribution in [0.15, 0.2) is 72.8 Å². The van der Waals surface area contributed by atoms with Gasteiger partial charge in [0.15, 0.2) is 0 Å². The smallest absolute Gasteiger partial charge is 0.265 e. The Balaban J connectivity index is 1.69. The highest BCUT2D eigenvalue weighted by atomic mass is 35.5. The van der Waals surface area contributed by atoms with Crippen molar-refractivity contribution < 1.29 is 4.79 Å². The van der Waals surface area contributed by atoms with Crippen molar-refractivity contribution in [1.29, 1.82) is 0 Å². The SMILES string of the molecule is Cc1ccccc1Nc1ccc(C(=O)n2c(Cl)cc3ccccc32)c(Cl)c1. The van der Waals surface area contributed by atoms with Crippen LogP contribution in [-0.2, 0) is 0 Å². The van der Waals surface area contributed by atoms with E-state index in [0.717, 1.165) is 27.8 Å². The van der Waals surface area contributed by atoms with Crippen molar-refractivity contribution in [2.24, 2.45) is 0 Å². The second-order valence-electron chi connectivity index (χ2n) is 6.30. The Morgan fingerprint density at radius 3 is 2.44 bits per heavy atom. The number of halogens is 2. The number of fused-ring (bicyclic) bond motifs is 1. The highest BCUT2D eigenvalue weighted by Crippen LogP contribution is 2.29. The van der Waals surface area contributed by atoms with Crippen LogP contribution < -0.4 is 5.32 Å². The number of para-hydroxylation sites is 2. The minimum Gasteiger partial charge on any atom is -0.355 e. The van der Waals surface area contributed by atoms with Crippen LogP contribution in [0.25, 0.3) is 10.9 Å². The van der Waals surface area contributed by atoms with Crippen LogP contribution in [0.3, 0.4) is 0 Å². The monoisotopic (exact) mass is 394 g/mol. The molecule has 0 amide bonds. The van der Waals surface area contributed by atoms with Crippen LogP contribution in [0.4, 0.5) is 11.4 Å². The summed E-state index contributed by atoms with van der Waals surface area (Å²) in [5.74, 6) is -0.256. The van der Waals surface area contributed by atoms with E-state index in [1.165, 1.54) is 4.57 Å². The minimum atomic E-state index is -0.256. The number of nitrogens with zero attached hydrogens (tertiary/aromatic N) is 1. The van der Waals surface area contributed by atoms with Gasteiger partial charge in [0.05, 0.1) is 16.1 Å². The van der Waals surface area contributed by atoms with Gasteiger partial charge in [-0.15, -0.1) is 0 Å². The molecule has 4 rings (SSSR count). The average molecular weight is 395 g/mol. The Labute approximate surface area is 167 Å². The van der Waals surface area contributed by atoms with Gasteiger partial charge in [0.1, 0.15) is 5.15 Å². The summed E-state index contributed by atoms with van der Waals surface area (Å²) in [4.78, 5) is 13.1. The van der Waals surface area contributed by atoms with E-state index in [1.807, 2.05) is 61.5 Å². The number of aryl methyl sites for hydroxylation is 1. The molecule has 5 heteroatoms. The largest absolute Gasteiger partial charge is 0.355 e. The topological polar surface area (TPSA) is 34.0 Å². The van der Waals surface area contributed by atoms with E-state index < -0.39 is 0 Å². The maximum Gasteiger partial charge on any atom is 0.265 e. The summed E-state index contributed by atoms with van der Waals surface area (Å²) in [6.45, 7) is 2.03. The van der Waals surface area contributed by atoms with E-state index in [1.54, 1.807) is 18.2 Å². The maximum atomic E-state index is 13.1. The van der Waals surface area contributed by atoms with Crippen LogP contribution in [0.5, 0.6) is 0 Å². The molecule has 0 radical (unpaired) electrons. The first kappa shape index (κ1) is 17.7. The first-order chi connectivity index (χ1) is 13.0. The second-order valence-corrected chi connectivity index (χ2v) is 7.10. The van der Waals surface area contributed by atoms with Gasteiger partial charge in [-0.05, 0) is 48.9 Å². The van der Waals surface area contributed by atoms with Crippen LogP contribution in [0.1, 0.15) is 15.9 Å². The normalized spacial score (nSPS) is 10.9. The number of nitrogens with one attached hydrogen (secondary N) is 1. The van der Waals surface area contributed by atoms with Gasteiger partial charge in [-0.2, -0.15) is 0 Å². The molecule has 1 heterocycles. The highest BCUT2D eigenvalue weighted by molar-refractivity contribution is 6.36. The lowest BCUT2D eigenvalue weighted by atomic mass is 10.1. The molecule has 0 aliphatic rings. The van der Waals surface area contributed by atoms with Gasteiger partial charge in [0.2, 0.25) is 0 Å². The molecule has 1 aromatic heterocycles. The van der Waals surface area contributed by atoms with E-state index in [9.17, 15) is 4.79 Å². The van der Waals surface area contributed by atoms with Gasteiger partial charge in [0, 0.05) is 16.8 Å². The molecule has 0 fully saturated rings. The van der Waals surface area contributed by atoms with E-state index in [0.29, 0.717) is 15.7 Å². The average Bonchev–Trinajstić information content (AvgIpc) is 2.99. The molecule has 0 aliphatic heterocycles. The van der Waals surface area contributed by atoms with Crippen molar-refractivity contribution in [2.45, 2.75) is 6.92 Å². The molecule has 0 saturated heterocycles. The van der Waals surface area contributed by atoms with Gasteiger partial charge < -0.3 is 5.32 Å². The summed E-state index contributed by atoms with van der Waals surface area (Å²) >= 11 is 12.7. The number of carbonyl (C=O) groups excluding carboxylic acids is 1. The van der Waals surface area contributed by atoms with Gasteiger partial charge in [0.25, 0.3) is 5.91 Å². The Morgan fingerprint density at radius 1 is 0.926 bits per heavy atom. The number of hydrogen-bond donors (Lipinski definition) is 1. The number of benzene rings is 3. The molecular weight excluding hydrogens is 379 g/mol. The van der Waals surface area contributed by atoms with Crippen molar-refractivity contribution in [3.8, 4) is 0 Å². The molecule has 0 bridgehead atoms. The van der Waals surface area contributed by atoms with Crippen molar-refractivity contribution in [1.82, 2.24) is 4.57 Å². The van der Waals surface area contributed by atoms with E-state index in [-0.39, 0.29) is 5.91 Å². The molecule has 3 nitrogen and oxygen atoms in total. The molecule has 0 saturated carbocycles. The predicted molar refractivity (Wildman–Crippen MR) is 113 cm³/mol. The molecular formula is C22H16Cl2N2O. The summed E-state index contributed by atoms with van der Waals surface area (Å²) in [5, 5.41) is 4.96. The Kier molecular flexibility index (Phi) is 4.65. The van der Waals surface area contributed by atoms with Crippen molar-refractivity contribution in [2.75, 3.05) is 5.32 Å². The number of aromatic nitrogens is 1. The fourth-order valence-corrected chi connectivity index (χ4v) is 3.63. The summed E-state index contributed by atoms with van der Waals surface area (Å²) in [6, 6.07) is 22.6. The summed E-state index contributed by atoms with van der Waals surface area (Å²) in [5.41, 5.74) is 4.08. The van der Waals surface area contributed by atoms with Crippen molar-refractivity contribution >= 4 is 51.4 Å². The van der Waals surface area contributed by atoms with E-state index in [4.69, 9.17) is 23.2 Å². The second kappa shape index (κ2) is 7.10. The summed E-state index contributed by atoms with van der Waals surface area (Å²) in [6.07, 6.45) is 0. The molecule has 4 aromatic rings. The first-order valence-electron chi connectivity index (χ1n) is 8.47. The summed E-state index contributed by atoms with van der Waals surface area (Å²) < 4.78 is 1.48. The van der Waals surface area contributed by atoms with Crippen LogP contribution in [-0.4, -0.2) is 10.5 Å². The fourth-order valence-electron chi connectivity index (χ4n) is 3.08. The highest BCUT2D eigenvalue weighted by Gasteiger charge is 2.18. The van der Waals surface area contributed by atoms with E-state index in [2.05, 4.69) is 5.32 Å². The molecule has 27 heavy (non-hydrogen) atoms. The molecule has 1 N–H and O–H groups in total. The van der Waals surface area contributed by atoms with Crippen molar-refractivity contribution in [3.63, 3.8) is 0 Å². The number of rotatable bonds is 3. The fraction of sp³-hybridized carbons (Fsp3) is 0.0455. The third kappa shape index (κ3) is 3.32. The standard InChI is InChI=1S/C22H16Cl2N2O/c1-14-6-2-4-8-19(14)25-16-10-11-17(18(23)13-16)22(27)26-20-9-5-3-7-15(20)12-21(26)24/h2-13,25H,1H3. The third-order valence-corrected chi connectivity index (χ3v) is 5.08. The van der Waals surface area contributed by atoms with Gasteiger partial charge in [-0.25, -0.2) is 0 Å². The first-order valence-corrected chi connectivity index (χ1v) is 9.23. The van der Waals surface area contributed by atoms with Gasteiger partial charge in [-0.3, -0.25) is 9.36 Å². The van der Waals surface area contributed by atoms with Crippen LogP contribution in [0.2, 0.25) is 10.2 Å². The zero-order chi connectivity index (χ0) is 19.0. The number of carbonyl (C=O) groups is 1. The third-order valence-electron chi connectivity index (χ3n) is 4.49. The van der Waals surface area contributed by atoms with Crippen LogP contribution >= 0.6 is 23.2 Å². The lowest BCUT2D eigenvalue weighted by Gasteiger charge is -2.12. The molecule has 0 aliphatic carbocycles. The Hall–Kier alpha value is -2.75. The number of hydrogen-bond acceptors (Lipinski definition) is 2. The van der Waals surface area contributed by atoms with Gasteiger partial charge in [-0.1, -0.05) is 59.6 Å². The van der Waals surface area contributed by atoms with Gasteiger partial charge >= 0.3 is 0 Å². The van der Waals surface area contributed by atoms with Crippen LogP contribution in [0, 0.1) is 6.92 Å². The molecule has 0 spiro atoms. The molecule has 0 atom stereocenters. The quantitative estimate of drug-likeness (QED) is 0.419. The van der Waals surface area contributed by atoms with E-state index >= 15 is 0 Å². The Bertz CT molecular complexity index is 1160. The predicted octanol–water partition coefficient (Wildman–Crippen LogP) is 6.69. The minimum absolute atomic E-state index is 0.256. The molecule has 0 unspecified atom stereocenters. The summed E-state index contributed by atoms with van der Waals surface area (Å²) in [7, 11) is 0. The van der Waals surface area contributed by atoms with Crippen molar-refractivity contribution in [3.05, 3.63) is 94.1 Å². The lowest BCUT2D eigenvalue weighted by molar-refractivity contribution is 0.0965. The zero-order valence-electron chi connectivity index (χ0n) is 14.5. The zero-order valence-corrected chi connectivity index (χ0v) is 16.1. The lowest BCUT2D eigenvalue weighted by Crippen LogP contribution is -2.12. The number of anilines is 2. The molecule has 3 aromatic carbocycles. The Morgan fingerprint density at radius 2 is 1.67 bits per heavy atom. The molecule has 134 valence electrons.